The Labute approximate surface area is 256 Å². The second-order valence-corrected chi connectivity index (χ2v) is 10.2. The van der Waals surface area contributed by atoms with E-state index in [1.54, 1.807) is 24.3 Å². The van der Waals surface area contributed by atoms with Gasteiger partial charge in [0.1, 0.15) is 11.4 Å². The summed E-state index contributed by atoms with van der Waals surface area (Å²) in [4.78, 5) is 32.2. The Balaban J connectivity index is 1.38. The van der Waals surface area contributed by atoms with E-state index >= 15 is 0 Å². The molecular weight excluding hydrogens is 556 g/mol. The Hall–Kier alpha value is -5.38. The average molecular weight is 591 g/mol. The molecule has 0 spiro atoms. The molecule has 10 nitrogen and oxygen atoms in total. The number of hydrogen-bond donors (Lipinski definition) is 0. The van der Waals surface area contributed by atoms with Gasteiger partial charge in [-0.2, -0.15) is 0 Å². The molecule has 44 heavy (non-hydrogen) atoms. The first-order chi connectivity index (χ1) is 21.3. The highest BCUT2D eigenvalue weighted by Crippen LogP contribution is 2.33. The fourth-order valence-corrected chi connectivity index (χ4v) is 5.34. The molecule has 10 heteroatoms. The van der Waals surface area contributed by atoms with Crippen LogP contribution in [0.25, 0.3) is 0 Å². The number of benzene rings is 4. The van der Waals surface area contributed by atoms with Gasteiger partial charge in [-0.1, -0.05) is 9.72 Å². The molecule has 5 rings (SSSR count). The van der Waals surface area contributed by atoms with Gasteiger partial charge in [0.2, 0.25) is 11.4 Å². The summed E-state index contributed by atoms with van der Waals surface area (Å²) >= 11 is 0. The third kappa shape index (κ3) is 5.92. The molecule has 0 fully saturated rings. The third-order valence-corrected chi connectivity index (χ3v) is 7.80. The quantitative estimate of drug-likeness (QED) is 0.0924. The maximum absolute atomic E-state index is 13.4. The maximum atomic E-state index is 13.4. The second kappa shape index (κ2) is 12.9. The fourth-order valence-electron chi connectivity index (χ4n) is 5.34. The number of fused-ring (bicyclic) bond motifs is 2. The van der Waals surface area contributed by atoms with Crippen LogP contribution in [-0.4, -0.2) is 47.5 Å². The van der Waals surface area contributed by atoms with Crippen LogP contribution in [0.1, 0.15) is 59.5 Å². The molecule has 0 N–H and O–H groups in total. The van der Waals surface area contributed by atoms with Gasteiger partial charge in [0.25, 0.3) is 0 Å². The Kier molecular flexibility index (Phi) is 8.80. The van der Waals surface area contributed by atoms with Crippen molar-refractivity contribution in [3.63, 3.8) is 0 Å². The smallest absolute Gasteiger partial charge is 0.245 e. The van der Waals surface area contributed by atoms with Gasteiger partial charge in [-0.3, -0.25) is 9.59 Å². The summed E-state index contributed by atoms with van der Waals surface area (Å²) in [5, 5.41) is 33.8. The largest absolute Gasteiger partial charge is 0.594 e. The first kappa shape index (κ1) is 30.1. The highest BCUT2D eigenvalue weighted by Gasteiger charge is 2.30. The van der Waals surface area contributed by atoms with E-state index in [0.29, 0.717) is 21.1 Å². The van der Waals surface area contributed by atoms with E-state index in [0.717, 1.165) is 37.6 Å². The number of carbonyl (C=O) groups is 2. The van der Waals surface area contributed by atoms with Crippen molar-refractivity contribution in [3.8, 4) is 0 Å². The van der Waals surface area contributed by atoms with Crippen LogP contribution in [0.4, 0.5) is 34.1 Å². The minimum Gasteiger partial charge on any atom is -0.594 e. The van der Waals surface area contributed by atoms with Gasteiger partial charge >= 0.3 is 0 Å². The van der Waals surface area contributed by atoms with Crippen LogP contribution in [0.15, 0.2) is 95.2 Å². The summed E-state index contributed by atoms with van der Waals surface area (Å²) in [5.74, 6) is -0.740. The van der Waals surface area contributed by atoms with Crippen LogP contribution < -0.4 is 9.80 Å². The van der Waals surface area contributed by atoms with E-state index in [2.05, 4.69) is 47.7 Å². The first-order valence-electron chi connectivity index (χ1n) is 14.7. The van der Waals surface area contributed by atoms with Crippen molar-refractivity contribution < 1.29 is 19.3 Å². The molecule has 0 saturated carbocycles. The van der Waals surface area contributed by atoms with Crippen molar-refractivity contribution in [2.45, 2.75) is 27.7 Å². The van der Waals surface area contributed by atoms with Crippen molar-refractivity contribution in [3.05, 3.63) is 118 Å². The number of rotatable bonds is 10. The van der Waals surface area contributed by atoms with Crippen LogP contribution in [0.5, 0.6) is 0 Å². The Morgan fingerprint density at radius 3 is 1.18 bits per heavy atom. The predicted molar refractivity (Wildman–Crippen MR) is 171 cm³/mol. The SMILES string of the molecule is CCN(CC)c1ccc([N+]([O-])=Nc2ccc3c(c2)C(=O)c2ccc(N=[N+]([O-])c4ccc(N(CC)CC)cc4)cc2C3=O)cc1. The maximum Gasteiger partial charge on any atom is 0.245 e. The zero-order valence-corrected chi connectivity index (χ0v) is 25.2. The van der Waals surface area contributed by atoms with Gasteiger partial charge in [0.15, 0.2) is 11.6 Å². The number of azo groups is 2. The fraction of sp³-hybridized carbons (Fsp3) is 0.235. The summed E-state index contributed by atoms with van der Waals surface area (Å²) in [5.41, 5.74) is 3.92. The van der Waals surface area contributed by atoms with Gasteiger partial charge in [0.05, 0.1) is 0 Å². The van der Waals surface area contributed by atoms with Crippen LogP contribution in [0.3, 0.4) is 0 Å². The zero-order valence-electron chi connectivity index (χ0n) is 25.2. The Morgan fingerprint density at radius 1 is 0.523 bits per heavy atom. The van der Waals surface area contributed by atoms with Gasteiger partial charge in [0, 0.05) is 94.3 Å². The highest BCUT2D eigenvalue weighted by molar-refractivity contribution is 6.28. The van der Waals surface area contributed by atoms with Gasteiger partial charge < -0.3 is 20.2 Å². The molecular formula is C34H34N6O4. The molecule has 4 aromatic rings. The molecule has 0 aliphatic heterocycles. The van der Waals surface area contributed by atoms with Crippen LogP contribution in [0.2, 0.25) is 0 Å². The summed E-state index contributed by atoms with van der Waals surface area (Å²) in [6.45, 7) is 11.7. The monoisotopic (exact) mass is 590 g/mol. The number of ketones is 2. The first-order valence-corrected chi connectivity index (χ1v) is 14.7. The topological polar surface area (TPSA) is 117 Å². The van der Waals surface area contributed by atoms with E-state index in [1.165, 1.54) is 36.4 Å². The van der Waals surface area contributed by atoms with E-state index in [1.807, 2.05) is 24.3 Å². The third-order valence-electron chi connectivity index (χ3n) is 7.80. The molecule has 0 bridgehead atoms. The second-order valence-electron chi connectivity index (χ2n) is 10.2. The number of hydrogen-bond acceptors (Lipinski definition) is 8. The lowest BCUT2D eigenvalue weighted by molar-refractivity contribution is -0.435. The number of nitrogens with zero attached hydrogens (tertiary/aromatic N) is 6. The molecule has 4 aromatic carbocycles. The highest BCUT2D eigenvalue weighted by atomic mass is 16.5. The molecule has 0 saturated heterocycles. The van der Waals surface area contributed by atoms with Crippen LogP contribution >= 0.6 is 0 Å². The molecule has 1 aliphatic rings. The van der Waals surface area contributed by atoms with Crippen molar-refractivity contribution in [2.24, 2.45) is 10.2 Å². The molecule has 0 radical (unpaired) electrons. The van der Waals surface area contributed by atoms with Crippen molar-refractivity contribution in [2.75, 3.05) is 36.0 Å². The summed E-state index contributed by atoms with van der Waals surface area (Å²) in [6.07, 6.45) is 0. The lowest BCUT2D eigenvalue weighted by atomic mass is 9.83. The number of carbonyl (C=O) groups excluding carboxylic acids is 2. The van der Waals surface area contributed by atoms with E-state index in [9.17, 15) is 20.0 Å². The normalized spacial score (nSPS) is 13.0. The van der Waals surface area contributed by atoms with Gasteiger partial charge in [-0.25, -0.2) is 0 Å². The van der Waals surface area contributed by atoms with Gasteiger partial charge in [-0.05, 0) is 88.4 Å². The standard InChI is InChI=1S/C34H34N6O4/c1-5-37(6-2)25-11-15-27(16-12-25)39(43)35-23-9-19-29-31(21-23)33(41)30-20-10-24(22-32(30)34(29)42)36-40(44)28-17-13-26(14-18-28)38(7-3)8-4/h9-22H,5-8H2,1-4H3. The average Bonchev–Trinajstić information content (AvgIpc) is 3.05. The molecule has 0 atom stereocenters. The molecule has 224 valence electrons. The lowest BCUT2D eigenvalue weighted by Gasteiger charge is -2.20. The molecule has 0 unspecified atom stereocenters. The predicted octanol–water partition coefficient (Wildman–Crippen LogP) is 8.01. The number of anilines is 2. The van der Waals surface area contributed by atoms with E-state index < -0.39 is 0 Å². The Bertz CT molecular complexity index is 1620. The lowest BCUT2D eigenvalue weighted by Crippen LogP contribution is -2.21. The summed E-state index contributed by atoms with van der Waals surface area (Å²) in [7, 11) is 0. The van der Waals surface area contributed by atoms with E-state index in [4.69, 9.17) is 0 Å². The minimum absolute atomic E-state index is 0.164. The molecule has 0 heterocycles. The van der Waals surface area contributed by atoms with Crippen molar-refractivity contribution >= 4 is 45.7 Å². The van der Waals surface area contributed by atoms with Crippen LogP contribution in [0, 0.1) is 10.4 Å². The minimum atomic E-state index is -0.370. The van der Waals surface area contributed by atoms with Gasteiger partial charge in [-0.15, -0.1) is 0 Å². The molecule has 0 amide bonds. The summed E-state index contributed by atoms with van der Waals surface area (Å²) < 4.78 is 0. The Morgan fingerprint density at radius 2 is 0.864 bits per heavy atom. The van der Waals surface area contributed by atoms with Crippen molar-refractivity contribution in [1.29, 1.82) is 0 Å². The summed E-state index contributed by atoms with van der Waals surface area (Å²) in [6, 6.07) is 23.2. The molecule has 1 aliphatic carbocycles. The van der Waals surface area contributed by atoms with E-state index in [-0.39, 0.29) is 45.2 Å². The molecule has 0 aromatic heterocycles. The van der Waals surface area contributed by atoms with Crippen molar-refractivity contribution in [1.82, 2.24) is 0 Å². The van der Waals surface area contributed by atoms with Crippen LogP contribution in [-0.2, 0) is 0 Å². The zero-order chi connectivity index (χ0) is 31.4.